The molecule has 0 bridgehead atoms. The van der Waals surface area contributed by atoms with Gasteiger partial charge in [-0.15, -0.1) is 24.0 Å². The zero-order chi connectivity index (χ0) is 14.2. The summed E-state index contributed by atoms with van der Waals surface area (Å²) in [7, 11) is 1.80. The summed E-state index contributed by atoms with van der Waals surface area (Å²) in [5.74, 6) is 1.95. The largest absolute Gasteiger partial charge is 0.357 e. The summed E-state index contributed by atoms with van der Waals surface area (Å²) in [6.07, 6.45) is 5.54. The molecule has 1 aromatic heterocycles. The van der Waals surface area contributed by atoms with Gasteiger partial charge < -0.3 is 15.5 Å². The monoisotopic (exact) mass is 403 g/mol. The van der Waals surface area contributed by atoms with Gasteiger partial charge in [-0.25, -0.2) is 4.98 Å². The lowest BCUT2D eigenvalue weighted by atomic mass is 10.2. The van der Waals surface area contributed by atoms with E-state index in [4.69, 9.17) is 0 Å². The highest BCUT2D eigenvalue weighted by atomic mass is 127. The summed E-state index contributed by atoms with van der Waals surface area (Å²) >= 11 is 0. The van der Waals surface area contributed by atoms with Crippen LogP contribution in [-0.4, -0.2) is 37.6 Å². The van der Waals surface area contributed by atoms with E-state index in [0.717, 1.165) is 44.4 Å². The highest BCUT2D eigenvalue weighted by molar-refractivity contribution is 14.0. The number of rotatable bonds is 5. The smallest absolute Gasteiger partial charge is 0.191 e. The molecule has 5 nitrogen and oxygen atoms in total. The normalized spacial score (nSPS) is 14.8. The molecule has 2 rings (SSSR count). The van der Waals surface area contributed by atoms with Crippen LogP contribution in [0, 0.1) is 0 Å². The van der Waals surface area contributed by atoms with Crippen molar-refractivity contribution in [2.45, 2.75) is 32.7 Å². The van der Waals surface area contributed by atoms with Crippen molar-refractivity contribution in [3.63, 3.8) is 0 Å². The highest BCUT2D eigenvalue weighted by Crippen LogP contribution is 2.18. The molecule has 1 saturated heterocycles. The Morgan fingerprint density at radius 1 is 1.33 bits per heavy atom. The first-order valence-electron chi connectivity index (χ1n) is 7.48. The van der Waals surface area contributed by atoms with E-state index < -0.39 is 0 Å². The molecule has 1 aromatic rings. The average molecular weight is 403 g/mol. The van der Waals surface area contributed by atoms with E-state index in [1.165, 1.54) is 18.4 Å². The van der Waals surface area contributed by atoms with E-state index in [9.17, 15) is 0 Å². The van der Waals surface area contributed by atoms with E-state index >= 15 is 0 Å². The summed E-state index contributed by atoms with van der Waals surface area (Å²) < 4.78 is 0. The van der Waals surface area contributed by atoms with Gasteiger partial charge in [-0.1, -0.05) is 6.92 Å². The lowest BCUT2D eigenvalue weighted by Gasteiger charge is -2.17. The standard InChI is InChI=1S/C15H25N5.HI/c1-3-7-18-15(16-2)19-12-13-6-8-17-14(11-13)20-9-4-5-10-20;/h6,8,11H,3-5,7,9-10,12H2,1-2H3,(H2,16,18,19);1H. The number of pyridine rings is 1. The van der Waals surface area contributed by atoms with Crippen LogP contribution in [-0.2, 0) is 6.54 Å². The summed E-state index contributed by atoms with van der Waals surface area (Å²) in [4.78, 5) is 11.0. The van der Waals surface area contributed by atoms with Gasteiger partial charge in [-0.05, 0) is 37.0 Å². The Hall–Kier alpha value is -1.05. The van der Waals surface area contributed by atoms with Gasteiger partial charge in [0.15, 0.2) is 5.96 Å². The topological polar surface area (TPSA) is 52.6 Å². The first kappa shape index (κ1) is 18.0. The third-order valence-electron chi connectivity index (χ3n) is 3.47. The first-order valence-corrected chi connectivity index (χ1v) is 7.48. The third kappa shape index (κ3) is 5.68. The second-order valence-electron chi connectivity index (χ2n) is 5.07. The van der Waals surface area contributed by atoms with E-state index in [2.05, 4.69) is 44.6 Å². The summed E-state index contributed by atoms with van der Waals surface area (Å²) in [5.41, 5.74) is 1.24. The van der Waals surface area contributed by atoms with Crippen molar-refractivity contribution < 1.29 is 0 Å². The van der Waals surface area contributed by atoms with Crippen LogP contribution in [0.3, 0.4) is 0 Å². The minimum atomic E-state index is 0. The first-order chi connectivity index (χ1) is 9.83. The van der Waals surface area contributed by atoms with Crippen LogP contribution in [0.25, 0.3) is 0 Å². The number of hydrogen-bond donors (Lipinski definition) is 2. The van der Waals surface area contributed by atoms with Crippen molar-refractivity contribution in [1.82, 2.24) is 15.6 Å². The Balaban J connectivity index is 0.00000220. The molecular formula is C15H26IN5. The molecule has 2 N–H and O–H groups in total. The van der Waals surface area contributed by atoms with Crippen molar-refractivity contribution in [1.29, 1.82) is 0 Å². The minimum absolute atomic E-state index is 0. The van der Waals surface area contributed by atoms with Gasteiger partial charge in [0.1, 0.15) is 5.82 Å². The van der Waals surface area contributed by atoms with E-state index in [-0.39, 0.29) is 24.0 Å². The molecule has 0 aliphatic carbocycles. The molecule has 21 heavy (non-hydrogen) atoms. The van der Waals surface area contributed by atoms with Crippen LogP contribution >= 0.6 is 24.0 Å². The Morgan fingerprint density at radius 2 is 2.10 bits per heavy atom. The number of hydrogen-bond acceptors (Lipinski definition) is 3. The average Bonchev–Trinajstić information content (AvgIpc) is 3.02. The van der Waals surface area contributed by atoms with Crippen LogP contribution in [0.4, 0.5) is 5.82 Å². The molecule has 0 unspecified atom stereocenters. The number of nitrogens with one attached hydrogen (secondary N) is 2. The number of aromatic nitrogens is 1. The number of halogens is 1. The van der Waals surface area contributed by atoms with Crippen molar-refractivity contribution in [3.05, 3.63) is 23.9 Å². The second-order valence-corrected chi connectivity index (χ2v) is 5.07. The number of aliphatic imine (C=N–C) groups is 1. The third-order valence-corrected chi connectivity index (χ3v) is 3.47. The van der Waals surface area contributed by atoms with Crippen molar-refractivity contribution in [3.8, 4) is 0 Å². The summed E-state index contributed by atoms with van der Waals surface area (Å²) in [6.45, 7) is 6.11. The van der Waals surface area contributed by atoms with E-state index in [0.29, 0.717) is 0 Å². The van der Waals surface area contributed by atoms with Gasteiger partial charge in [-0.3, -0.25) is 4.99 Å². The fourth-order valence-electron chi connectivity index (χ4n) is 2.34. The highest BCUT2D eigenvalue weighted by Gasteiger charge is 2.13. The van der Waals surface area contributed by atoms with Crippen LogP contribution in [0.5, 0.6) is 0 Å². The van der Waals surface area contributed by atoms with Crippen molar-refractivity contribution in [2.75, 3.05) is 31.6 Å². The van der Waals surface area contributed by atoms with E-state index in [1.807, 2.05) is 6.20 Å². The van der Waals surface area contributed by atoms with Crippen LogP contribution in [0.15, 0.2) is 23.3 Å². The molecule has 118 valence electrons. The molecule has 0 aromatic carbocycles. The fourth-order valence-corrected chi connectivity index (χ4v) is 2.34. The van der Waals surface area contributed by atoms with Crippen molar-refractivity contribution in [2.24, 2.45) is 4.99 Å². The van der Waals surface area contributed by atoms with E-state index in [1.54, 1.807) is 7.05 Å². The van der Waals surface area contributed by atoms with Crippen LogP contribution in [0.1, 0.15) is 31.7 Å². The van der Waals surface area contributed by atoms with Gasteiger partial charge in [0.05, 0.1) is 0 Å². The zero-order valence-corrected chi connectivity index (χ0v) is 15.3. The summed E-state index contributed by atoms with van der Waals surface area (Å²) in [5, 5.41) is 6.60. The van der Waals surface area contributed by atoms with Gasteiger partial charge >= 0.3 is 0 Å². The molecule has 1 aliphatic heterocycles. The van der Waals surface area contributed by atoms with Gasteiger partial charge in [0.25, 0.3) is 0 Å². The van der Waals surface area contributed by atoms with Gasteiger partial charge in [-0.2, -0.15) is 0 Å². The predicted molar refractivity (Wildman–Crippen MR) is 99.6 cm³/mol. The number of anilines is 1. The van der Waals surface area contributed by atoms with Crippen LogP contribution < -0.4 is 15.5 Å². The Bertz CT molecular complexity index is 443. The lowest BCUT2D eigenvalue weighted by molar-refractivity contribution is 0.780. The summed E-state index contributed by atoms with van der Waals surface area (Å²) in [6, 6.07) is 4.23. The molecule has 0 spiro atoms. The quantitative estimate of drug-likeness (QED) is 0.451. The zero-order valence-electron chi connectivity index (χ0n) is 12.9. The molecule has 6 heteroatoms. The Morgan fingerprint density at radius 3 is 2.76 bits per heavy atom. The van der Waals surface area contributed by atoms with Gasteiger partial charge in [0, 0.05) is 39.4 Å². The lowest BCUT2D eigenvalue weighted by Crippen LogP contribution is -2.37. The molecule has 0 radical (unpaired) electrons. The fraction of sp³-hybridized carbons (Fsp3) is 0.600. The van der Waals surface area contributed by atoms with Crippen molar-refractivity contribution >= 4 is 35.8 Å². The Labute approximate surface area is 144 Å². The molecule has 2 heterocycles. The molecule has 0 atom stereocenters. The Kier molecular flexibility index (Phi) is 8.41. The maximum Gasteiger partial charge on any atom is 0.191 e. The molecule has 0 amide bonds. The molecule has 1 aliphatic rings. The molecule has 1 fully saturated rings. The van der Waals surface area contributed by atoms with Gasteiger partial charge in [0.2, 0.25) is 0 Å². The minimum Gasteiger partial charge on any atom is -0.357 e. The second kappa shape index (κ2) is 9.81. The maximum atomic E-state index is 4.47. The number of guanidine groups is 1. The maximum absolute atomic E-state index is 4.47. The molecule has 0 saturated carbocycles. The molecular weight excluding hydrogens is 377 g/mol. The number of nitrogens with zero attached hydrogens (tertiary/aromatic N) is 3. The SMILES string of the molecule is CCCNC(=NC)NCc1ccnc(N2CCCC2)c1.I. The predicted octanol–water partition coefficient (Wildman–Crippen LogP) is 2.37. The van der Waals surface area contributed by atoms with Crippen LogP contribution in [0.2, 0.25) is 0 Å².